The number of hydrogen-bond donors (Lipinski definition) is 2. The highest BCUT2D eigenvalue weighted by Gasteiger charge is 2.71. The summed E-state index contributed by atoms with van der Waals surface area (Å²) in [5.41, 5.74) is -0.241. The minimum Gasteiger partial charge on any atom is -0.357 e. The van der Waals surface area contributed by atoms with E-state index in [1.54, 1.807) is 0 Å². The third-order valence-corrected chi connectivity index (χ3v) is 14.6. The van der Waals surface area contributed by atoms with Gasteiger partial charge < -0.3 is 19.9 Å². The third-order valence-electron chi connectivity index (χ3n) is 14.6. The van der Waals surface area contributed by atoms with E-state index in [4.69, 9.17) is 4.74 Å². The lowest BCUT2D eigenvalue weighted by Crippen LogP contribution is -2.60. The Bertz CT molecular complexity index is 1050. The highest BCUT2D eigenvalue weighted by molar-refractivity contribution is 5.87. The molecule has 0 radical (unpaired) electrons. The van der Waals surface area contributed by atoms with E-state index in [0.29, 0.717) is 59.7 Å². The number of amides is 1. The molecule has 1 amide bonds. The molecular weight excluding hydrogens is 524 g/mol. The number of nitrogens with one attached hydrogen (secondary N) is 2. The van der Waals surface area contributed by atoms with Gasteiger partial charge in [0.15, 0.2) is 0 Å². The Morgan fingerprint density at radius 1 is 1.02 bits per heavy atom. The van der Waals surface area contributed by atoms with Crippen molar-refractivity contribution in [3.63, 3.8) is 0 Å². The van der Waals surface area contributed by atoms with Gasteiger partial charge in [-0.1, -0.05) is 27.7 Å². The maximum absolute atomic E-state index is 14.4. The Kier molecular flexibility index (Phi) is 7.64. The molecule has 7 aliphatic rings. The number of ether oxygens (including phenoxy) is 1. The van der Waals surface area contributed by atoms with E-state index >= 15 is 0 Å². The first-order chi connectivity index (χ1) is 20.0. The zero-order valence-corrected chi connectivity index (χ0v) is 27.1. The van der Waals surface area contributed by atoms with E-state index in [1.165, 1.54) is 19.3 Å². The minimum atomic E-state index is -0.238. The lowest BCUT2D eigenvalue weighted by molar-refractivity contribution is -0.160. The van der Waals surface area contributed by atoms with Gasteiger partial charge in [0.2, 0.25) is 5.91 Å². The minimum absolute atomic E-state index is 0.216. The van der Waals surface area contributed by atoms with Crippen LogP contribution in [0.3, 0.4) is 0 Å². The van der Waals surface area contributed by atoms with Crippen LogP contribution in [0.5, 0.6) is 0 Å². The van der Waals surface area contributed by atoms with Gasteiger partial charge in [-0.25, -0.2) is 0 Å². The number of rotatable bonds is 4. The van der Waals surface area contributed by atoms with Crippen LogP contribution in [0.15, 0.2) is 0 Å². The third kappa shape index (κ3) is 4.65. The average molecular weight is 583 g/mol. The van der Waals surface area contributed by atoms with E-state index in [1.807, 2.05) is 0 Å². The Hall–Kier alpha value is -1.02. The number of piperidine rings is 1. The maximum atomic E-state index is 14.4. The summed E-state index contributed by atoms with van der Waals surface area (Å²) in [6.07, 6.45) is 10.8. The van der Waals surface area contributed by atoms with Crippen molar-refractivity contribution < 1.29 is 14.3 Å². The molecule has 7 rings (SSSR count). The molecule has 7 heteroatoms. The lowest BCUT2D eigenvalue weighted by atomic mass is 9.44. The van der Waals surface area contributed by atoms with Crippen molar-refractivity contribution >= 4 is 11.7 Å². The van der Waals surface area contributed by atoms with E-state index in [2.05, 4.69) is 55.2 Å². The molecular formula is C35H58N4O3. The highest BCUT2D eigenvalue weighted by Crippen LogP contribution is 2.70. The molecule has 1 spiro atoms. The summed E-state index contributed by atoms with van der Waals surface area (Å²) < 4.78 is 7.00. The van der Waals surface area contributed by atoms with Crippen molar-refractivity contribution in [2.75, 3.05) is 46.3 Å². The molecule has 3 aliphatic heterocycles. The van der Waals surface area contributed by atoms with Gasteiger partial charge in [-0.05, 0) is 93.4 Å². The molecule has 4 saturated carbocycles. The number of fused-ring (bicyclic) bond motifs is 7. The fourth-order valence-electron chi connectivity index (χ4n) is 11.9. The topological polar surface area (TPSA) is 73.9 Å². The second-order valence-corrected chi connectivity index (χ2v) is 16.6. The molecule has 0 bridgehead atoms. The van der Waals surface area contributed by atoms with Crippen molar-refractivity contribution in [2.24, 2.45) is 52.3 Å². The first kappa shape index (κ1) is 29.7. The van der Waals surface area contributed by atoms with Crippen molar-refractivity contribution in [3.05, 3.63) is 0 Å². The number of likely N-dealkylation sites (N-methyl/N-ethyl adjacent to an activating group) is 1. The summed E-state index contributed by atoms with van der Waals surface area (Å²) in [5.74, 6) is 4.41. The number of carbonyl (C=O) groups excluding carboxylic acids is 2. The van der Waals surface area contributed by atoms with Crippen LogP contribution in [-0.4, -0.2) is 85.7 Å². The number of ketones is 1. The first-order valence-electron chi connectivity index (χ1n) is 17.7. The molecule has 3 heterocycles. The smallest absolute Gasteiger partial charge is 0.221 e. The molecule has 4 aliphatic carbocycles. The molecule has 0 aromatic carbocycles. The Morgan fingerprint density at radius 2 is 1.81 bits per heavy atom. The van der Waals surface area contributed by atoms with Gasteiger partial charge in [0.25, 0.3) is 0 Å². The summed E-state index contributed by atoms with van der Waals surface area (Å²) in [7, 11) is 2.17. The number of Topliss-reactive ketones (excluding diaryl/α,β-unsaturated/α-hetero) is 1. The van der Waals surface area contributed by atoms with Gasteiger partial charge in [-0.2, -0.15) is 0 Å². The van der Waals surface area contributed by atoms with Crippen LogP contribution in [0, 0.1) is 52.3 Å². The van der Waals surface area contributed by atoms with Gasteiger partial charge in [0.05, 0.1) is 6.10 Å². The number of carbonyl (C=O) groups is 2. The predicted octanol–water partition coefficient (Wildman–Crippen LogP) is 4.31. The second kappa shape index (κ2) is 10.8. The van der Waals surface area contributed by atoms with Gasteiger partial charge in [-0.15, -0.1) is 0 Å². The second-order valence-electron chi connectivity index (χ2n) is 16.6. The van der Waals surface area contributed by atoms with Gasteiger partial charge in [0.1, 0.15) is 11.5 Å². The summed E-state index contributed by atoms with van der Waals surface area (Å²) in [4.78, 5) is 32.1. The van der Waals surface area contributed by atoms with Gasteiger partial charge >= 0.3 is 0 Å². The van der Waals surface area contributed by atoms with Crippen molar-refractivity contribution in [3.8, 4) is 0 Å². The summed E-state index contributed by atoms with van der Waals surface area (Å²) in [6.45, 7) is 15.8. The zero-order chi connectivity index (χ0) is 29.4. The summed E-state index contributed by atoms with van der Waals surface area (Å²) in [6, 6.07) is 0.297. The van der Waals surface area contributed by atoms with Crippen LogP contribution in [0.4, 0.5) is 0 Å². The molecule has 0 aromatic heterocycles. The molecule has 0 unspecified atom stereocenters. The maximum Gasteiger partial charge on any atom is 0.221 e. The number of hydrogen-bond acceptors (Lipinski definition) is 6. The molecule has 42 heavy (non-hydrogen) atoms. The summed E-state index contributed by atoms with van der Waals surface area (Å²) in [5, 5.41) is 7.26. The predicted molar refractivity (Wildman–Crippen MR) is 165 cm³/mol. The molecule has 236 valence electrons. The fraction of sp³-hybridized carbons (Fsp3) is 0.943. The van der Waals surface area contributed by atoms with Crippen LogP contribution in [0.1, 0.15) is 91.9 Å². The van der Waals surface area contributed by atoms with E-state index in [9.17, 15) is 9.59 Å². The SMILES string of the molecule is C[C@H]1CC[C@@]2(NC1)O[C@H]1C[C@H]3[C@@H]4CC[C@@H]5C[C@@H](NC(=O)CCN6CCN(C)CC6)CC[C@]5(C)[C@H]4CC(=O)[C@]3(C)[C@H]1[C@@H]2C. The molecule has 0 aromatic rings. The Balaban J connectivity index is 0.991. The Labute approximate surface area is 254 Å². The standard InChI is InChI=1S/C35H58N4O3/c1-22-8-12-35(36-21-22)23(2)32-29(42-35)19-28-26-7-6-24-18-25(37-31(41)10-13-39-16-14-38(5)15-17-39)9-11-33(24,3)27(26)20-30(40)34(28,32)4/h22-29,32,36H,6-21H2,1-5H3,(H,37,41)/t22-,23-,24+,25-,26+,27-,28-,29-,32-,33-,34+,35+/m0/s1. The van der Waals surface area contributed by atoms with Crippen molar-refractivity contribution in [1.29, 1.82) is 0 Å². The van der Waals surface area contributed by atoms with Gasteiger partial charge in [-0.3, -0.25) is 14.9 Å². The normalized spacial score (nSPS) is 51.1. The molecule has 12 atom stereocenters. The first-order valence-corrected chi connectivity index (χ1v) is 17.7. The van der Waals surface area contributed by atoms with Crippen LogP contribution in [0.25, 0.3) is 0 Å². The van der Waals surface area contributed by atoms with E-state index < -0.39 is 0 Å². The van der Waals surface area contributed by atoms with Crippen molar-refractivity contribution in [1.82, 2.24) is 20.4 Å². The number of nitrogens with zero attached hydrogens (tertiary/aromatic N) is 2. The molecule has 7 nitrogen and oxygen atoms in total. The van der Waals surface area contributed by atoms with Crippen LogP contribution >= 0.6 is 0 Å². The van der Waals surface area contributed by atoms with Crippen LogP contribution in [-0.2, 0) is 14.3 Å². The van der Waals surface area contributed by atoms with Crippen molar-refractivity contribution in [2.45, 2.75) is 110 Å². The average Bonchev–Trinajstić information content (AvgIpc) is 3.41. The van der Waals surface area contributed by atoms with Gasteiger partial charge in [0, 0.05) is 75.4 Å². The quantitative estimate of drug-likeness (QED) is 0.515. The fourth-order valence-corrected chi connectivity index (χ4v) is 11.9. The zero-order valence-electron chi connectivity index (χ0n) is 27.1. The summed E-state index contributed by atoms with van der Waals surface area (Å²) >= 11 is 0. The molecule has 2 N–H and O–H groups in total. The van der Waals surface area contributed by atoms with Crippen LogP contribution in [0.2, 0.25) is 0 Å². The lowest BCUT2D eigenvalue weighted by Gasteiger charge is -2.60. The van der Waals surface area contributed by atoms with E-state index in [0.717, 1.165) is 77.8 Å². The van der Waals surface area contributed by atoms with Crippen LogP contribution < -0.4 is 10.6 Å². The van der Waals surface area contributed by atoms with E-state index in [-0.39, 0.29) is 28.6 Å². The molecule has 7 fully saturated rings. The monoisotopic (exact) mass is 582 g/mol. The molecule has 3 saturated heterocycles. The Morgan fingerprint density at radius 3 is 2.55 bits per heavy atom. The highest BCUT2D eigenvalue weighted by atomic mass is 16.5. The largest absolute Gasteiger partial charge is 0.357 e. The number of piperazine rings is 1.